The Morgan fingerprint density at radius 1 is 1.12 bits per heavy atom. The highest BCUT2D eigenvalue weighted by Gasteiger charge is 2.28. The third-order valence-corrected chi connectivity index (χ3v) is 6.11. The zero-order valence-electron chi connectivity index (χ0n) is 14.8. The quantitative estimate of drug-likeness (QED) is 0.862. The molecule has 0 spiro atoms. The number of piperazine rings is 1. The largest absolute Gasteiger partial charge is 0.333 e. The maximum Gasteiger partial charge on any atom is 0.261 e. The van der Waals surface area contributed by atoms with Crippen molar-refractivity contribution in [2.75, 3.05) is 17.8 Å². The molecule has 2 N–H and O–H groups in total. The van der Waals surface area contributed by atoms with Gasteiger partial charge in [0.25, 0.3) is 15.9 Å². The Morgan fingerprint density at radius 3 is 2.58 bits per heavy atom. The maximum absolute atomic E-state index is 12.9. The van der Waals surface area contributed by atoms with Gasteiger partial charge in [-0.05, 0) is 44.2 Å². The van der Waals surface area contributed by atoms with E-state index in [0.29, 0.717) is 17.8 Å². The van der Waals surface area contributed by atoms with Gasteiger partial charge in [-0.3, -0.25) is 9.52 Å². The standard InChI is InChI=1S/C19H23N3O3S/c1-14-15(2)22(12-11-20-14)19(23)16-7-6-8-17(13-16)21-26(24,25)18-9-4-3-5-10-18/h3-10,13-15,20-21H,11-12H2,1-2H3. The van der Waals surface area contributed by atoms with Gasteiger partial charge >= 0.3 is 0 Å². The van der Waals surface area contributed by atoms with Crippen molar-refractivity contribution in [2.24, 2.45) is 0 Å². The number of hydrogen-bond donors (Lipinski definition) is 2. The zero-order valence-corrected chi connectivity index (χ0v) is 15.7. The van der Waals surface area contributed by atoms with Crippen LogP contribution in [0.5, 0.6) is 0 Å². The number of carbonyl (C=O) groups is 1. The molecule has 2 aromatic carbocycles. The molecule has 6 nitrogen and oxygen atoms in total. The van der Waals surface area contributed by atoms with Crippen LogP contribution in [0.25, 0.3) is 0 Å². The van der Waals surface area contributed by atoms with Gasteiger partial charge in [0.2, 0.25) is 0 Å². The molecule has 1 heterocycles. The van der Waals surface area contributed by atoms with Gasteiger partial charge in [-0.1, -0.05) is 24.3 Å². The van der Waals surface area contributed by atoms with Crippen LogP contribution in [0.2, 0.25) is 0 Å². The van der Waals surface area contributed by atoms with E-state index >= 15 is 0 Å². The Hall–Kier alpha value is -2.38. The van der Waals surface area contributed by atoms with Gasteiger partial charge in [-0.25, -0.2) is 8.42 Å². The molecule has 1 aliphatic heterocycles. The molecule has 1 aliphatic rings. The summed E-state index contributed by atoms with van der Waals surface area (Å²) < 4.78 is 27.5. The van der Waals surface area contributed by atoms with E-state index in [4.69, 9.17) is 0 Å². The molecular weight excluding hydrogens is 350 g/mol. The first-order valence-electron chi connectivity index (χ1n) is 8.61. The van der Waals surface area contributed by atoms with E-state index < -0.39 is 10.0 Å². The lowest BCUT2D eigenvalue weighted by molar-refractivity contribution is 0.0603. The number of anilines is 1. The van der Waals surface area contributed by atoms with Crippen LogP contribution in [-0.2, 0) is 10.0 Å². The molecule has 0 radical (unpaired) electrons. The molecule has 138 valence electrons. The fourth-order valence-corrected chi connectivity index (χ4v) is 4.11. The first kappa shape index (κ1) is 18.4. The zero-order chi connectivity index (χ0) is 18.7. The first-order valence-corrected chi connectivity index (χ1v) is 10.1. The van der Waals surface area contributed by atoms with Crippen LogP contribution in [0, 0.1) is 0 Å². The lowest BCUT2D eigenvalue weighted by atomic mass is 10.1. The summed E-state index contributed by atoms with van der Waals surface area (Å²) in [6.45, 7) is 5.44. The van der Waals surface area contributed by atoms with E-state index in [-0.39, 0.29) is 22.9 Å². The molecule has 0 saturated carbocycles. The lowest BCUT2D eigenvalue weighted by Crippen LogP contribution is -2.57. The van der Waals surface area contributed by atoms with Gasteiger partial charge in [0, 0.05) is 36.4 Å². The molecule has 26 heavy (non-hydrogen) atoms. The highest BCUT2D eigenvalue weighted by Crippen LogP contribution is 2.20. The summed E-state index contributed by atoms with van der Waals surface area (Å²) in [5.41, 5.74) is 0.842. The molecule has 1 amide bonds. The van der Waals surface area contributed by atoms with Gasteiger partial charge in [0.15, 0.2) is 0 Å². The number of amides is 1. The van der Waals surface area contributed by atoms with Crippen molar-refractivity contribution in [1.82, 2.24) is 10.2 Å². The molecule has 7 heteroatoms. The van der Waals surface area contributed by atoms with Crippen LogP contribution in [0.1, 0.15) is 24.2 Å². The van der Waals surface area contributed by atoms with E-state index in [0.717, 1.165) is 6.54 Å². The molecule has 2 unspecified atom stereocenters. The molecule has 2 aromatic rings. The predicted molar refractivity (Wildman–Crippen MR) is 102 cm³/mol. The molecule has 3 rings (SSSR count). The SMILES string of the molecule is CC1NCCN(C(=O)c2cccc(NS(=O)(=O)c3ccccc3)c2)C1C. The smallest absolute Gasteiger partial charge is 0.261 e. The van der Waals surface area contributed by atoms with E-state index in [9.17, 15) is 13.2 Å². The molecule has 0 aromatic heterocycles. The minimum atomic E-state index is -3.69. The Bertz CT molecular complexity index is 884. The topological polar surface area (TPSA) is 78.5 Å². The number of rotatable bonds is 4. The second kappa shape index (κ2) is 7.47. The Balaban J connectivity index is 1.81. The first-order chi connectivity index (χ1) is 12.4. The van der Waals surface area contributed by atoms with Crippen molar-refractivity contribution in [2.45, 2.75) is 30.8 Å². The molecule has 0 bridgehead atoms. The third kappa shape index (κ3) is 3.89. The Kier molecular flexibility index (Phi) is 5.29. The summed E-state index contributed by atoms with van der Waals surface area (Å²) in [5.74, 6) is -0.0911. The summed E-state index contributed by atoms with van der Waals surface area (Å²) in [7, 11) is -3.69. The van der Waals surface area contributed by atoms with Crippen molar-refractivity contribution in [3.63, 3.8) is 0 Å². The van der Waals surface area contributed by atoms with Crippen molar-refractivity contribution in [3.8, 4) is 0 Å². The van der Waals surface area contributed by atoms with Crippen LogP contribution in [-0.4, -0.2) is 44.4 Å². The normalized spacial score (nSPS) is 20.6. The average Bonchev–Trinajstić information content (AvgIpc) is 2.64. The van der Waals surface area contributed by atoms with Gasteiger partial charge in [-0.15, -0.1) is 0 Å². The summed E-state index contributed by atoms with van der Waals surface area (Å²) in [4.78, 5) is 14.9. The van der Waals surface area contributed by atoms with Crippen LogP contribution < -0.4 is 10.0 Å². The van der Waals surface area contributed by atoms with Crippen LogP contribution in [0.15, 0.2) is 59.5 Å². The maximum atomic E-state index is 12.9. The molecule has 1 saturated heterocycles. The third-order valence-electron chi connectivity index (χ3n) is 4.71. The lowest BCUT2D eigenvalue weighted by Gasteiger charge is -2.38. The Labute approximate surface area is 154 Å². The molecule has 1 fully saturated rings. The fourth-order valence-electron chi connectivity index (χ4n) is 3.04. The second-order valence-electron chi connectivity index (χ2n) is 6.48. The summed E-state index contributed by atoms with van der Waals surface area (Å²) in [5, 5.41) is 3.34. The monoisotopic (exact) mass is 373 g/mol. The Morgan fingerprint density at radius 2 is 1.85 bits per heavy atom. The summed E-state index contributed by atoms with van der Waals surface area (Å²) in [6.07, 6.45) is 0. The number of benzene rings is 2. The highest BCUT2D eigenvalue weighted by atomic mass is 32.2. The number of nitrogens with one attached hydrogen (secondary N) is 2. The summed E-state index contributed by atoms with van der Waals surface area (Å²) >= 11 is 0. The minimum absolute atomic E-state index is 0.0703. The van der Waals surface area contributed by atoms with E-state index in [2.05, 4.69) is 17.0 Å². The average molecular weight is 373 g/mol. The van der Waals surface area contributed by atoms with Gasteiger partial charge in [0.05, 0.1) is 4.90 Å². The van der Waals surface area contributed by atoms with Crippen molar-refractivity contribution >= 4 is 21.6 Å². The minimum Gasteiger partial charge on any atom is -0.333 e. The van der Waals surface area contributed by atoms with Crippen molar-refractivity contribution in [1.29, 1.82) is 0 Å². The van der Waals surface area contributed by atoms with E-state index in [1.807, 2.05) is 11.8 Å². The van der Waals surface area contributed by atoms with Crippen LogP contribution in [0.3, 0.4) is 0 Å². The van der Waals surface area contributed by atoms with Crippen LogP contribution in [0.4, 0.5) is 5.69 Å². The van der Waals surface area contributed by atoms with Crippen molar-refractivity contribution in [3.05, 3.63) is 60.2 Å². The van der Waals surface area contributed by atoms with E-state index in [1.54, 1.807) is 42.5 Å². The fraction of sp³-hybridized carbons (Fsp3) is 0.316. The van der Waals surface area contributed by atoms with Gasteiger partial charge in [0.1, 0.15) is 0 Å². The van der Waals surface area contributed by atoms with E-state index in [1.165, 1.54) is 12.1 Å². The number of sulfonamides is 1. The predicted octanol–water partition coefficient (Wildman–Crippen LogP) is 2.31. The van der Waals surface area contributed by atoms with Gasteiger partial charge in [-0.2, -0.15) is 0 Å². The molecule has 2 atom stereocenters. The second-order valence-corrected chi connectivity index (χ2v) is 8.16. The highest BCUT2D eigenvalue weighted by molar-refractivity contribution is 7.92. The van der Waals surface area contributed by atoms with Crippen molar-refractivity contribution < 1.29 is 13.2 Å². The van der Waals surface area contributed by atoms with Crippen LogP contribution >= 0.6 is 0 Å². The molecule has 0 aliphatic carbocycles. The molecular formula is C19H23N3O3S. The number of carbonyl (C=O) groups excluding carboxylic acids is 1. The summed E-state index contributed by atoms with van der Waals surface area (Å²) in [6, 6.07) is 15.1. The van der Waals surface area contributed by atoms with Gasteiger partial charge < -0.3 is 10.2 Å². The number of nitrogens with zero attached hydrogens (tertiary/aromatic N) is 1. The number of hydrogen-bond acceptors (Lipinski definition) is 4.